The molecule has 6 nitrogen and oxygen atoms in total. The lowest BCUT2D eigenvalue weighted by Gasteiger charge is -2.25. The van der Waals surface area contributed by atoms with Gasteiger partial charge in [-0.05, 0) is 96.3 Å². The van der Waals surface area contributed by atoms with Gasteiger partial charge >= 0.3 is 5.97 Å². The van der Waals surface area contributed by atoms with Crippen LogP contribution in [0.5, 0.6) is 5.75 Å². The van der Waals surface area contributed by atoms with Gasteiger partial charge in [-0.25, -0.2) is 9.78 Å². The number of hydrogen-bond donors (Lipinski definition) is 1. The SMILES string of the molecule is N#Cc1ccc(COc2ccc(-c3nc4cc(C(=O)O)ccc4n3C3CCCCC3)cc2)c(-c2ccc(Cl)cc2)c1. The predicted octanol–water partition coefficient (Wildman–Crippen LogP) is 8.68. The normalized spacial score (nSPS) is 13.7. The van der Waals surface area contributed by atoms with Crippen molar-refractivity contribution >= 4 is 28.6 Å². The van der Waals surface area contributed by atoms with Crippen LogP contribution in [0.25, 0.3) is 33.5 Å². The quantitative estimate of drug-likeness (QED) is 0.215. The van der Waals surface area contributed by atoms with Crippen molar-refractivity contribution in [3.05, 3.63) is 107 Å². The Morgan fingerprint density at radius 2 is 1.68 bits per heavy atom. The first-order valence-electron chi connectivity index (χ1n) is 13.8. The summed E-state index contributed by atoms with van der Waals surface area (Å²) in [5.74, 6) is 0.607. The van der Waals surface area contributed by atoms with E-state index in [-0.39, 0.29) is 5.56 Å². The van der Waals surface area contributed by atoms with Gasteiger partial charge < -0.3 is 14.4 Å². The molecule has 1 heterocycles. The van der Waals surface area contributed by atoms with Crippen LogP contribution in [0.2, 0.25) is 5.02 Å². The molecule has 204 valence electrons. The van der Waals surface area contributed by atoms with Crippen molar-refractivity contribution in [3.63, 3.8) is 0 Å². The molecule has 0 radical (unpaired) electrons. The number of nitriles is 1. The number of hydrogen-bond acceptors (Lipinski definition) is 4. The molecule has 6 rings (SSSR count). The molecule has 4 aromatic carbocycles. The maximum atomic E-state index is 11.6. The Balaban J connectivity index is 1.29. The Labute approximate surface area is 243 Å². The van der Waals surface area contributed by atoms with E-state index in [1.807, 2.05) is 66.7 Å². The van der Waals surface area contributed by atoms with Gasteiger partial charge in [0.05, 0.1) is 28.2 Å². The molecule has 1 fully saturated rings. The van der Waals surface area contributed by atoms with Crippen LogP contribution in [0, 0.1) is 11.3 Å². The molecule has 7 heteroatoms. The highest BCUT2D eigenvalue weighted by molar-refractivity contribution is 6.30. The lowest BCUT2D eigenvalue weighted by atomic mass is 9.95. The minimum absolute atomic E-state index is 0.238. The summed E-state index contributed by atoms with van der Waals surface area (Å²) in [6.07, 6.45) is 5.77. The fourth-order valence-electron chi connectivity index (χ4n) is 5.68. The van der Waals surface area contributed by atoms with Gasteiger partial charge in [-0.2, -0.15) is 5.26 Å². The standard InChI is InChI=1S/C34H28ClN3O3/c35-27-13-8-23(9-14-27)30-18-22(20-36)6-7-26(30)21-41-29-15-10-24(11-16-29)33-37-31-19-25(34(39)40)12-17-32(31)38(33)28-4-2-1-3-5-28/h6-19,28H,1-5,21H2,(H,39,40). The zero-order valence-corrected chi connectivity index (χ0v) is 23.1. The number of carboxylic acid groups (broad SMARTS) is 1. The van der Waals surface area contributed by atoms with Gasteiger partial charge in [0.25, 0.3) is 0 Å². The largest absolute Gasteiger partial charge is 0.489 e. The van der Waals surface area contributed by atoms with Crippen molar-refractivity contribution in [1.82, 2.24) is 9.55 Å². The number of carboxylic acids is 1. The second-order valence-corrected chi connectivity index (χ2v) is 10.8. The maximum absolute atomic E-state index is 11.6. The third kappa shape index (κ3) is 5.54. The monoisotopic (exact) mass is 561 g/mol. The van der Waals surface area contributed by atoms with E-state index in [9.17, 15) is 15.2 Å². The smallest absolute Gasteiger partial charge is 0.335 e. The molecule has 0 saturated heterocycles. The zero-order valence-electron chi connectivity index (χ0n) is 22.4. The number of carbonyl (C=O) groups is 1. The van der Waals surface area contributed by atoms with Gasteiger partial charge in [-0.3, -0.25) is 0 Å². The summed E-state index contributed by atoms with van der Waals surface area (Å²) in [5.41, 5.74) is 6.29. The minimum atomic E-state index is -0.955. The zero-order chi connectivity index (χ0) is 28.3. The van der Waals surface area contributed by atoms with Crippen molar-refractivity contribution in [3.8, 4) is 34.3 Å². The first-order valence-corrected chi connectivity index (χ1v) is 14.2. The van der Waals surface area contributed by atoms with Crippen LogP contribution in [0.3, 0.4) is 0 Å². The summed E-state index contributed by atoms with van der Waals surface area (Å²) in [6.45, 7) is 0.335. The van der Waals surface area contributed by atoms with Gasteiger partial charge in [0, 0.05) is 16.6 Å². The third-order valence-electron chi connectivity index (χ3n) is 7.78. The van der Waals surface area contributed by atoms with Gasteiger partial charge in [0.15, 0.2) is 0 Å². The molecular formula is C34H28ClN3O3. The van der Waals surface area contributed by atoms with Crippen LogP contribution in [0.1, 0.15) is 59.6 Å². The number of rotatable bonds is 7. The number of nitrogens with zero attached hydrogens (tertiary/aromatic N) is 3. The van der Waals surface area contributed by atoms with E-state index in [2.05, 4.69) is 10.6 Å². The van der Waals surface area contributed by atoms with Crippen molar-refractivity contribution in [2.24, 2.45) is 0 Å². The lowest BCUT2D eigenvalue weighted by molar-refractivity contribution is 0.0697. The topological polar surface area (TPSA) is 88.1 Å². The fourth-order valence-corrected chi connectivity index (χ4v) is 5.80. The number of halogens is 1. The first kappa shape index (κ1) is 26.6. The molecular weight excluding hydrogens is 534 g/mol. The number of ether oxygens (including phenoxy) is 1. The Morgan fingerprint density at radius 3 is 2.39 bits per heavy atom. The number of fused-ring (bicyclic) bond motifs is 1. The van der Waals surface area contributed by atoms with Crippen LogP contribution in [-0.4, -0.2) is 20.6 Å². The number of benzene rings is 4. The second-order valence-electron chi connectivity index (χ2n) is 10.4. The molecule has 1 saturated carbocycles. The molecule has 1 aliphatic rings. The highest BCUT2D eigenvalue weighted by Crippen LogP contribution is 2.37. The summed E-state index contributed by atoms with van der Waals surface area (Å²) >= 11 is 6.09. The number of imidazole rings is 1. The summed E-state index contributed by atoms with van der Waals surface area (Å²) in [4.78, 5) is 16.5. The van der Waals surface area contributed by atoms with E-state index in [4.69, 9.17) is 21.3 Å². The second kappa shape index (κ2) is 11.5. The number of aromatic carboxylic acids is 1. The van der Waals surface area contributed by atoms with Gasteiger partial charge in [0.2, 0.25) is 0 Å². The molecule has 41 heavy (non-hydrogen) atoms. The van der Waals surface area contributed by atoms with E-state index in [1.165, 1.54) is 19.3 Å². The Kier molecular flexibility index (Phi) is 7.45. The van der Waals surface area contributed by atoms with E-state index >= 15 is 0 Å². The molecule has 0 aliphatic heterocycles. The van der Waals surface area contributed by atoms with E-state index in [1.54, 1.807) is 18.2 Å². The Morgan fingerprint density at radius 1 is 0.951 bits per heavy atom. The van der Waals surface area contributed by atoms with Crippen molar-refractivity contribution < 1.29 is 14.6 Å². The Hall–Kier alpha value is -4.60. The van der Waals surface area contributed by atoms with Crippen LogP contribution >= 0.6 is 11.6 Å². The van der Waals surface area contributed by atoms with E-state index < -0.39 is 5.97 Å². The van der Waals surface area contributed by atoms with Crippen molar-refractivity contribution in [1.29, 1.82) is 5.26 Å². The Bertz CT molecular complexity index is 1760. The van der Waals surface area contributed by atoms with Crippen LogP contribution < -0.4 is 4.74 Å². The average molecular weight is 562 g/mol. The van der Waals surface area contributed by atoms with Crippen molar-refractivity contribution in [2.45, 2.75) is 44.8 Å². The highest BCUT2D eigenvalue weighted by atomic mass is 35.5. The molecule has 1 aliphatic carbocycles. The third-order valence-corrected chi connectivity index (χ3v) is 8.03. The first-order chi connectivity index (χ1) is 20.0. The van der Waals surface area contributed by atoms with Gasteiger partial charge in [0.1, 0.15) is 18.2 Å². The van der Waals surface area contributed by atoms with E-state index in [0.717, 1.165) is 46.4 Å². The van der Waals surface area contributed by atoms with Crippen LogP contribution in [0.4, 0.5) is 0 Å². The van der Waals surface area contributed by atoms with E-state index in [0.29, 0.717) is 34.5 Å². The molecule has 0 bridgehead atoms. The average Bonchev–Trinajstić information content (AvgIpc) is 3.40. The van der Waals surface area contributed by atoms with Gasteiger partial charge in [-0.15, -0.1) is 0 Å². The van der Waals surface area contributed by atoms with Crippen molar-refractivity contribution in [2.75, 3.05) is 0 Å². The lowest BCUT2D eigenvalue weighted by Crippen LogP contribution is -2.14. The molecule has 0 amide bonds. The highest BCUT2D eigenvalue weighted by Gasteiger charge is 2.23. The number of aromatic nitrogens is 2. The molecule has 1 N–H and O–H groups in total. The van der Waals surface area contributed by atoms with Crippen LogP contribution in [0.15, 0.2) is 84.9 Å². The van der Waals surface area contributed by atoms with Crippen LogP contribution in [-0.2, 0) is 6.61 Å². The fraction of sp³-hybridized carbons (Fsp3) is 0.206. The molecule has 0 unspecified atom stereocenters. The van der Waals surface area contributed by atoms with Gasteiger partial charge in [-0.1, -0.05) is 49.1 Å². The molecule has 0 spiro atoms. The predicted molar refractivity (Wildman–Crippen MR) is 160 cm³/mol. The molecule has 1 aromatic heterocycles. The minimum Gasteiger partial charge on any atom is -0.489 e. The summed E-state index contributed by atoms with van der Waals surface area (Å²) in [5, 5.41) is 19.6. The molecule has 5 aromatic rings. The summed E-state index contributed by atoms with van der Waals surface area (Å²) < 4.78 is 8.49. The maximum Gasteiger partial charge on any atom is 0.335 e. The summed E-state index contributed by atoms with van der Waals surface area (Å²) in [6, 6.07) is 28.8. The summed E-state index contributed by atoms with van der Waals surface area (Å²) in [7, 11) is 0. The molecule has 0 atom stereocenters.